The molecule has 0 saturated carbocycles. The van der Waals surface area contributed by atoms with Crippen LogP contribution in [0.4, 0.5) is 4.79 Å². The largest absolute Gasteiger partial charge is 0.454 e. The summed E-state index contributed by atoms with van der Waals surface area (Å²) >= 11 is 0. The van der Waals surface area contributed by atoms with Crippen molar-refractivity contribution in [2.75, 3.05) is 19.9 Å². The van der Waals surface area contributed by atoms with Crippen LogP contribution >= 0.6 is 0 Å². The molecule has 0 radical (unpaired) electrons. The van der Waals surface area contributed by atoms with E-state index < -0.39 is 5.54 Å². The zero-order chi connectivity index (χ0) is 23.0. The number of fused-ring (bicyclic) bond motifs is 1. The van der Waals surface area contributed by atoms with Gasteiger partial charge in [-0.25, -0.2) is 4.79 Å². The molecule has 4 amide bonds. The number of benzene rings is 1. The zero-order valence-electron chi connectivity index (χ0n) is 18.5. The summed E-state index contributed by atoms with van der Waals surface area (Å²) in [4.78, 5) is 46.5. The van der Waals surface area contributed by atoms with Gasteiger partial charge < -0.3 is 19.7 Å². The Kier molecular flexibility index (Phi) is 5.39. The van der Waals surface area contributed by atoms with E-state index in [9.17, 15) is 14.4 Å². The van der Waals surface area contributed by atoms with Gasteiger partial charge >= 0.3 is 6.03 Å². The molecule has 0 aliphatic carbocycles. The van der Waals surface area contributed by atoms with Crippen molar-refractivity contribution in [3.05, 3.63) is 53.9 Å². The van der Waals surface area contributed by atoms with E-state index in [1.54, 1.807) is 41.4 Å². The summed E-state index contributed by atoms with van der Waals surface area (Å²) in [5.74, 6) is 0.888. The number of hydrogen-bond acceptors (Lipinski definition) is 6. The van der Waals surface area contributed by atoms with E-state index >= 15 is 0 Å². The second kappa shape index (κ2) is 8.38. The Morgan fingerprint density at radius 2 is 1.94 bits per heavy atom. The number of piperidine rings is 1. The van der Waals surface area contributed by atoms with Crippen LogP contribution in [0, 0.1) is 5.92 Å². The smallest absolute Gasteiger partial charge is 0.325 e. The molecular formula is C24H26N4O5. The molecule has 2 aromatic rings. The molecule has 33 heavy (non-hydrogen) atoms. The van der Waals surface area contributed by atoms with Crippen molar-refractivity contribution in [2.24, 2.45) is 5.92 Å². The lowest BCUT2D eigenvalue weighted by atomic mass is 9.75. The van der Waals surface area contributed by atoms with Crippen LogP contribution in [0.5, 0.6) is 11.5 Å². The Morgan fingerprint density at radius 3 is 2.67 bits per heavy atom. The standard InChI is InChI=1S/C24H26N4O5/c1-2-24(22(30)28(23(31)26-24)14-18-5-3-4-10-25-18)17-8-11-27(12-9-17)21(29)16-6-7-19-20(13-16)33-15-32-19/h3-7,10,13,17H,2,8-9,11-12,14-15H2,1H3,(H,26,31)/t24-/m0/s1. The maximum Gasteiger partial charge on any atom is 0.325 e. The molecule has 1 N–H and O–H groups in total. The van der Waals surface area contributed by atoms with Gasteiger partial charge in [-0.3, -0.25) is 19.5 Å². The minimum Gasteiger partial charge on any atom is -0.454 e. The number of nitrogens with one attached hydrogen (secondary N) is 1. The third-order valence-electron chi connectivity index (χ3n) is 6.90. The van der Waals surface area contributed by atoms with E-state index in [0.717, 1.165) is 0 Å². The minimum absolute atomic E-state index is 0.0477. The van der Waals surface area contributed by atoms with Crippen LogP contribution < -0.4 is 14.8 Å². The maximum atomic E-state index is 13.4. The van der Waals surface area contributed by atoms with Crippen LogP contribution in [0.3, 0.4) is 0 Å². The third kappa shape index (κ3) is 3.67. The van der Waals surface area contributed by atoms with Crippen LogP contribution in [0.25, 0.3) is 0 Å². The van der Waals surface area contributed by atoms with Gasteiger partial charge in [0.25, 0.3) is 11.8 Å². The highest BCUT2D eigenvalue weighted by Gasteiger charge is 2.55. The van der Waals surface area contributed by atoms with E-state index in [-0.39, 0.29) is 37.1 Å². The van der Waals surface area contributed by atoms with Crippen molar-refractivity contribution in [1.29, 1.82) is 0 Å². The molecule has 5 rings (SSSR count). The van der Waals surface area contributed by atoms with Gasteiger partial charge in [0, 0.05) is 24.8 Å². The van der Waals surface area contributed by atoms with Crippen LogP contribution in [0.2, 0.25) is 0 Å². The molecule has 172 valence electrons. The van der Waals surface area contributed by atoms with Crippen molar-refractivity contribution < 1.29 is 23.9 Å². The Hall–Kier alpha value is -3.62. The fourth-order valence-electron chi connectivity index (χ4n) is 5.03. The third-order valence-corrected chi connectivity index (χ3v) is 6.90. The molecule has 0 spiro atoms. The SMILES string of the molecule is CC[C@@]1(C2CCN(C(=O)c3ccc4c(c3)OCO4)CC2)NC(=O)N(Cc2ccccn2)C1=O. The number of rotatable bonds is 5. The van der Waals surface area contributed by atoms with Gasteiger partial charge in [0.1, 0.15) is 5.54 Å². The Bertz CT molecular complexity index is 1080. The highest BCUT2D eigenvalue weighted by Crippen LogP contribution is 2.37. The Morgan fingerprint density at radius 1 is 1.15 bits per heavy atom. The average Bonchev–Trinajstić information content (AvgIpc) is 3.42. The van der Waals surface area contributed by atoms with Crippen LogP contribution in [-0.4, -0.2) is 58.1 Å². The van der Waals surface area contributed by atoms with E-state index in [1.165, 1.54) is 4.90 Å². The molecule has 9 nitrogen and oxygen atoms in total. The monoisotopic (exact) mass is 450 g/mol. The summed E-state index contributed by atoms with van der Waals surface area (Å²) in [5.41, 5.74) is 0.270. The van der Waals surface area contributed by atoms with Gasteiger partial charge in [0.15, 0.2) is 11.5 Å². The van der Waals surface area contributed by atoms with Crippen molar-refractivity contribution >= 4 is 17.8 Å². The Labute approximate surface area is 191 Å². The number of hydrogen-bond donors (Lipinski definition) is 1. The zero-order valence-corrected chi connectivity index (χ0v) is 18.5. The summed E-state index contributed by atoms with van der Waals surface area (Å²) in [7, 11) is 0. The quantitative estimate of drug-likeness (QED) is 0.703. The molecule has 4 heterocycles. The lowest BCUT2D eigenvalue weighted by Gasteiger charge is -2.40. The number of urea groups is 1. The number of imide groups is 1. The van der Waals surface area contributed by atoms with Gasteiger partial charge in [-0.2, -0.15) is 0 Å². The second-order valence-corrected chi connectivity index (χ2v) is 8.60. The number of carbonyl (C=O) groups is 3. The number of likely N-dealkylation sites (tertiary alicyclic amines) is 1. The first-order valence-corrected chi connectivity index (χ1v) is 11.2. The van der Waals surface area contributed by atoms with Gasteiger partial charge in [-0.15, -0.1) is 0 Å². The van der Waals surface area contributed by atoms with Crippen LogP contribution in [-0.2, 0) is 11.3 Å². The highest BCUT2D eigenvalue weighted by atomic mass is 16.7. The molecule has 3 aliphatic rings. The predicted molar refractivity (Wildman–Crippen MR) is 118 cm³/mol. The van der Waals surface area contributed by atoms with Gasteiger partial charge in [-0.1, -0.05) is 13.0 Å². The molecule has 1 aromatic carbocycles. The van der Waals surface area contributed by atoms with E-state index in [2.05, 4.69) is 10.3 Å². The first kappa shape index (κ1) is 21.2. The minimum atomic E-state index is -0.945. The van der Waals surface area contributed by atoms with Crippen molar-refractivity contribution in [1.82, 2.24) is 20.1 Å². The van der Waals surface area contributed by atoms with Gasteiger partial charge in [0.05, 0.1) is 12.2 Å². The van der Waals surface area contributed by atoms with E-state index in [4.69, 9.17) is 9.47 Å². The average molecular weight is 450 g/mol. The van der Waals surface area contributed by atoms with Gasteiger partial charge in [0.2, 0.25) is 6.79 Å². The van der Waals surface area contributed by atoms with Crippen LogP contribution in [0.15, 0.2) is 42.6 Å². The summed E-state index contributed by atoms with van der Waals surface area (Å²) in [6.07, 6.45) is 3.41. The molecule has 9 heteroatoms. The molecule has 3 aliphatic heterocycles. The fourth-order valence-corrected chi connectivity index (χ4v) is 5.03. The normalized spacial score (nSPS) is 22.6. The summed E-state index contributed by atoms with van der Waals surface area (Å²) in [6, 6.07) is 10.2. The fraction of sp³-hybridized carbons (Fsp3) is 0.417. The topological polar surface area (TPSA) is 101 Å². The van der Waals surface area contributed by atoms with E-state index in [1.807, 2.05) is 13.0 Å². The molecule has 2 saturated heterocycles. The maximum absolute atomic E-state index is 13.4. The van der Waals surface area contributed by atoms with Gasteiger partial charge in [-0.05, 0) is 55.5 Å². The molecule has 2 fully saturated rings. The number of ether oxygens (including phenoxy) is 2. The molecule has 1 aromatic heterocycles. The number of aromatic nitrogens is 1. The molecule has 1 atom stereocenters. The first-order chi connectivity index (χ1) is 16.0. The lowest BCUT2D eigenvalue weighted by molar-refractivity contribution is -0.134. The number of amides is 4. The molecular weight excluding hydrogens is 424 g/mol. The van der Waals surface area contributed by atoms with Crippen molar-refractivity contribution in [2.45, 2.75) is 38.3 Å². The first-order valence-electron chi connectivity index (χ1n) is 11.2. The molecule has 0 unspecified atom stereocenters. The number of pyridine rings is 1. The summed E-state index contributed by atoms with van der Waals surface area (Å²) in [6.45, 7) is 3.27. The Balaban J connectivity index is 1.27. The number of nitrogens with zero attached hydrogens (tertiary/aromatic N) is 3. The van der Waals surface area contributed by atoms with Crippen molar-refractivity contribution in [3.8, 4) is 11.5 Å². The van der Waals surface area contributed by atoms with E-state index in [0.29, 0.717) is 55.1 Å². The molecule has 0 bridgehead atoms. The highest BCUT2D eigenvalue weighted by molar-refractivity contribution is 6.07. The van der Waals surface area contributed by atoms with Crippen LogP contribution in [0.1, 0.15) is 42.2 Å². The number of carbonyl (C=O) groups excluding carboxylic acids is 3. The van der Waals surface area contributed by atoms with Crippen molar-refractivity contribution in [3.63, 3.8) is 0 Å². The lowest BCUT2D eigenvalue weighted by Crippen LogP contribution is -2.56. The second-order valence-electron chi connectivity index (χ2n) is 8.60. The summed E-state index contributed by atoms with van der Waals surface area (Å²) in [5, 5.41) is 2.99. The summed E-state index contributed by atoms with van der Waals surface area (Å²) < 4.78 is 10.7. The predicted octanol–water partition coefficient (Wildman–Crippen LogP) is 2.56.